The van der Waals surface area contributed by atoms with Gasteiger partial charge in [-0.05, 0) is 30.7 Å². The van der Waals surface area contributed by atoms with Crippen LogP contribution >= 0.6 is 0 Å². The number of esters is 1. The lowest BCUT2D eigenvalue weighted by atomic mass is 10.1. The summed E-state index contributed by atoms with van der Waals surface area (Å²) in [6.07, 6.45) is 2.73. The number of rotatable bonds is 5. The van der Waals surface area contributed by atoms with Crippen molar-refractivity contribution in [3.05, 3.63) is 35.4 Å². The van der Waals surface area contributed by atoms with Gasteiger partial charge in [-0.3, -0.25) is 9.63 Å². The molecule has 1 rings (SSSR count). The molecular weight excluding hydrogens is 250 g/mol. The van der Waals surface area contributed by atoms with E-state index in [1.165, 1.54) is 31.4 Å². The highest BCUT2D eigenvalue weighted by atomic mass is 16.6. The Kier molecular flexibility index (Phi) is 5.56. The molecule has 0 atom stereocenters. The minimum Gasteiger partial charge on any atom is -0.507 e. The Labute approximate surface area is 110 Å². The van der Waals surface area contributed by atoms with Crippen LogP contribution in [0.1, 0.15) is 22.8 Å². The molecule has 0 aliphatic carbocycles. The first-order valence-electron chi connectivity index (χ1n) is 5.59. The van der Waals surface area contributed by atoms with Crippen molar-refractivity contribution in [2.45, 2.75) is 6.92 Å². The van der Waals surface area contributed by atoms with Crippen molar-refractivity contribution in [1.82, 2.24) is 5.48 Å². The van der Waals surface area contributed by atoms with Crippen LogP contribution in [0, 0.1) is 0 Å². The molecule has 0 heterocycles. The number of aromatic hydroxyl groups is 1. The number of phenols is 1. The van der Waals surface area contributed by atoms with Gasteiger partial charge in [0.15, 0.2) is 0 Å². The summed E-state index contributed by atoms with van der Waals surface area (Å²) in [4.78, 5) is 27.0. The van der Waals surface area contributed by atoms with E-state index >= 15 is 0 Å². The van der Waals surface area contributed by atoms with E-state index in [9.17, 15) is 14.7 Å². The average molecular weight is 265 g/mol. The van der Waals surface area contributed by atoms with Crippen LogP contribution in [0.5, 0.6) is 5.75 Å². The highest BCUT2D eigenvalue weighted by Crippen LogP contribution is 2.19. The van der Waals surface area contributed by atoms with Gasteiger partial charge < -0.3 is 9.84 Å². The molecule has 102 valence electrons. The second-order valence-electron chi connectivity index (χ2n) is 3.50. The Morgan fingerprint density at radius 2 is 2.16 bits per heavy atom. The zero-order chi connectivity index (χ0) is 14.3. The fourth-order valence-electron chi connectivity index (χ4n) is 1.35. The number of hydrogen-bond donors (Lipinski definition) is 2. The van der Waals surface area contributed by atoms with Gasteiger partial charge in [0.2, 0.25) is 0 Å². The molecule has 6 nitrogen and oxygen atoms in total. The van der Waals surface area contributed by atoms with Crippen LogP contribution in [0.3, 0.4) is 0 Å². The van der Waals surface area contributed by atoms with E-state index in [0.29, 0.717) is 12.2 Å². The topological polar surface area (TPSA) is 84.9 Å². The summed E-state index contributed by atoms with van der Waals surface area (Å²) in [5, 5.41) is 9.69. The van der Waals surface area contributed by atoms with Crippen LogP contribution in [0.15, 0.2) is 24.3 Å². The molecule has 2 N–H and O–H groups in total. The van der Waals surface area contributed by atoms with Crippen molar-refractivity contribution in [3.63, 3.8) is 0 Å². The van der Waals surface area contributed by atoms with Crippen molar-refractivity contribution in [2.24, 2.45) is 0 Å². The maximum absolute atomic E-state index is 11.4. The molecule has 0 spiro atoms. The number of hydroxylamine groups is 1. The third-order valence-electron chi connectivity index (χ3n) is 2.16. The third kappa shape index (κ3) is 4.44. The minimum absolute atomic E-state index is 0.0788. The Balaban J connectivity index is 2.82. The summed E-state index contributed by atoms with van der Waals surface area (Å²) in [6, 6.07) is 4.37. The number of amides is 1. The zero-order valence-electron chi connectivity index (χ0n) is 10.7. The van der Waals surface area contributed by atoms with Crippen LogP contribution in [0.4, 0.5) is 0 Å². The van der Waals surface area contributed by atoms with Crippen molar-refractivity contribution in [2.75, 3.05) is 13.7 Å². The Morgan fingerprint density at radius 1 is 1.42 bits per heavy atom. The molecule has 0 aliphatic heterocycles. The number of nitrogens with one attached hydrogen (secondary N) is 1. The van der Waals surface area contributed by atoms with E-state index in [0.717, 1.165) is 0 Å². The molecule has 1 aromatic carbocycles. The second kappa shape index (κ2) is 7.17. The lowest BCUT2D eigenvalue weighted by Crippen LogP contribution is -2.21. The molecule has 6 heteroatoms. The second-order valence-corrected chi connectivity index (χ2v) is 3.50. The normalized spacial score (nSPS) is 10.4. The molecule has 0 saturated carbocycles. The Hall–Kier alpha value is -2.34. The van der Waals surface area contributed by atoms with Gasteiger partial charge >= 0.3 is 5.97 Å². The maximum atomic E-state index is 11.4. The first-order chi connectivity index (χ1) is 9.08. The van der Waals surface area contributed by atoms with E-state index < -0.39 is 11.9 Å². The molecule has 0 fully saturated rings. The molecule has 0 aromatic heterocycles. The van der Waals surface area contributed by atoms with Gasteiger partial charge in [-0.1, -0.05) is 6.07 Å². The predicted molar refractivity (Wildman–Crippen MR) is 68.2 cm³/mol. The Bertz CT molecular complexity index is 496. The molecule has 1 aromatic rings. The van der Waals surface area contributed by atoms with Gasteiger partial charge in [0, 0.05) is 6.08 Å². The highest BCUT2D eigenvalue weighted by Gasteiger charge is 2.10. The van der Waals surface area contributed by atoms with Crippen molar-refractivity contribution in [3.8, 4) is 5.75 Å². The molecular formula is C13H15NO5. The van der Waals surface area contributed by atoms with Gasteiger partial charge in [-0.25, -0.2) is 10.3 Å². The van der Waals surface area contributed by atoms with Gasteiger partial charge in [0.25, 0.3) is 5.91 Å². The largest absolute Gasteiger partial charge is 0.507 e. The molecule has 0 bridgehead atoms. The monoisotopic (exact) mass is 265 g/mol. The molecule has 1 amide bonds. The molecule has 19 heavy (non-hydrogen) atoms. The average Bonchev–Trinajstić information content (AvgIpc) is 2.37. The summed E-state index contributed by atoms with van der Waals surface area (Å²) >= 11 is 0. The number of phenolic OH excluding ortho intramolecular Hbond substituents is 1. The minimum atomic E-state index is -0.555. The number of carbonyl (C=O) groups excluding carboxylic acids is 2. The summed E-state index contributed by atoms with van der Waals surface area (Å²) < 4.78 is 4.72. The van der Waals surface area contributed by atoms with Gasteiger partial charge in [0.05, 0.1) is 19.3 Å². The van der Waals surface area contributed by atoms with Gasteiger partial charge in [0.1, 0.15) is 5.75 Å². The fraction of sp³-hybridized carbons (Fsp3) is 0.231. The number of ether oxygens (including phenoxy) is 1. The van der Waals surface area contributed by atoms with Crippen molar-refractivity contribution >= 4 is 18.0 Å². The SMILES string of the molecule is CCOC(=O)/C=C/c1ccc(C(=O)NOC)c(O)c1. The van der Waals surface area contributed by atoms with Crippen LogP contribution in [0.25, 0.3) is 6.08 Å². The Morgan fingerprint density at radius 3 is 2.74 bits per heavy atom. The first-order valence-corrected chi connectivity index (χ1v) is 5.59. The number of benzene rings is 1. The molecule has 0 aliphatic rings. The lowest BCUT2D eigenvalue weighted by Gasteiger charge is -2.05. The molecule has 0 radical (unpaired) electrons. The predicted octanol–water partition coefficient (Wildman–Crippen LogP) is 1.26. The van der Waals surface area contributed by atoms with Crippen molar-refractivity contribution in [1.29, 1.82) is 0 Å². The highest BCUT2D eigenvalue weighted by molar-refractivity contribution is 5.96. The van der Waals surface area contributed by atoms with E-state index in [1.54, 1.807) is 13.0 Å². The summed E-state index contributed by atoms with van der Waals surface area (Å²) in [5.41, 5.74) is 2.75. The number of carbonyl (C=O) groups is 2. The quantitative estimate of drug-likeness (QED) is 0.475. The maximum Gasteiger partial charge on any atom is 0.330 e. The van der Waals surface area contributed by atoms with E-state index in [-0.39, 0.29) is 11.3 Å². The standard InChI is InChI=1S/C13H15NO5/c1-3-19-12(16)7-5-9-4-6-10(11(15)8-9)13(17)14-18-2/h4-8,15H,3H2,1-2H3,(H,14,17)/b7-5+. The lowest BCUT2D eigenvalue weighted by molar-refractivity contribution is -0.137. The van der Waals surface area contributed by atoms with Crippen LogP contribution < -0.4 is 5.48 Å². The summed E-state index contributed by atoms with van der Waals surface area (Å²) in [5.74, 6) is -1.23. The third-order valence-corrected chi connectivity index (χ3v) is 2.16. The van der Waals surface area contributed by atoms with Crippen LogP contribution in [-0.2, 0) is 14.4 Å². The first kappa shape index (κ1) is 14.7. The smallest absolute Gasteiger partial charge is 0.330 e. The zero-order valence-corrected chi connectivity index (χ0v) is 10.7. The van der Waals surface area contributed by atoms with Crippen molar-refractivity contribution < 1.29 is 24.3 Å². The summed E-state index contributed by atoms with van der Waals surface area (Å²) in [7, 11) is 1.30. The molecule has 0 unspecified atom stereocenters. The number of hydrogen-bond acceptors (Lipinski definition) is 5. The van der Waals surface area contributed by atoms with E-state index in [4.69, 9.17) is 4.74 Å². The van der Waals surface area contributed by atoms with E-state index in [1.807, 2.05) is 0 Å². The van der Waals surface area contributed by atoms with Gasteiger partial charge in [-0.15, -0.1) is 0 Å². The van der Waals surface area contributed by atoms with Gasteiger partial charge in [-0.2, -0.15) is 0 Å². The van der Waals surface area contributed by atoms with Crippen LogP contribution in [0.2, 0.25) is 0 Å². The summed E-state index contributed by atoms with van der Waals surface area (Å²) in [6.45, 7) is 2.01. The van der Waals surface area contributed by atoms with E-state index in [2.05, 4.69) is 10.3 Å². The fourth-order valence-corrected chi connectivity index (χ4v) is 1.35. The molecule has 0 saturated heterocycles. The van der Waals surface area contributed by atoms with Crippen LogP contribution in [-0.4, -0.2) is 30.7 Å².